The second-order valence-electron chi connectivity index (χ2n) is 5.65. The van der Waals surface area contributed by atoms with Crippen LogP contribution in [0.25, 0.3) is 0 Å². The summed E-state index contributed by atoms with van der Waals surface area (Å²) in [6.07, 6.45) is 2.94. The van der Waals surface area contributed by atoms with E-state index in [-0.39, 0.29) is 0 Å². The Bertz CT molecular complexity index is 378. The molecule has 0 aromatic heterocycles. The first-order chi connectivity index (χ1) is 8.79. The van der Waals surface area contributed by atoms with Crippen LogP contribution in [0.15, 0.2) is 28.7 Å². The van der Waals surface area contributed by atoms with E-state index < -0.39 is 0 Å². The van der Waals surface area contributed by atoms with Crippen molar-refractivity contribution < 1.29 is 0 Å². The standard InChI is InChI=1S/C15H21BrN2/c16-15-5-3-14(4-6-15)12-18-9-7-17(8-10-18)11-13-1-2-13/h3-6,13H,1-2,7-12H2. The molecule has 0 bridgehead atoms. The van der Waals surface area contributed by atoms with Gasteiger partial charge in [0.05, 0.1) is 0 Å². The molecule has 1 aromatic rings. The number of hydrogen-bond donors (Lipinski definition) is 0. The van der Waals surface area contributed by atoms with Gasteiger partial charge in [-0.15, -0.1) is 0 Å². The Balaban J connectivity index is 1.45. The summed E-state index contributed by atoms with van der Waals surface area (Å²) in [6.45, 7) is 7.42. The van der Waals surface area contributed by atoms with E-state index >= 15 is 0 Å². The number of rotatable bonds is 4. The Morgan fingerprint density at radius 3 is 2.17 bits per heavy atom. The van der Waals surface area contributed by atoms with E-state index in [1.165, 1.54) is 55.6 Å². The van der Waals surface area contributed by atoms with Crippen LogP contribution in [0.2, 0.25) is 0 Å². The molecule has 1 heterocycles. The molecule has 1 saturated carbocycles. The van der Waals surface area contributed by atoms with E-state index in [9.17, 15) is 0 Å². The topological polar surface area (TPSA) is 6.48 Å². The Morgan fingerprint density at radius 2 is 1.56 bits per heavy atom. The summed E-state index contributed by atoms with van der Waals surface area (Å²) in [5, 5.41) is 0. The number of piperazine rings is 1. The molecule has 1 saturated heterocycles. The van der Waals surface area contributed by atoms with E-state index in [0.29, 0.717) is 0 Å². The molecule has 0 unspecified atom stereocenters. The Labute approximate surface area is 118 Å². The Hall–Kier alpha value is -0.380. The third kappa shape index (κ3) is 3.56. The SMILES string of the molecule is Brc1ccc(CN2CCN(CC3CC3)CC2)cc1. The van der Waals surface area contributed by atoms with Crippen LogP contribution in [0.1, 0.15) is 18.4 Å². The number of nitrogens with zero attached hydrogens (tertiary/aromatic N) is 2. The molecule has 2 aliphatic rings. The quantitative estimate of drug-likeness (QED) is 0.844. The highest BCUT2D eigenvalue weighted by Crippen LogP contribution is 2.30. The van der Waals surface area contributed by atoms with Crippen LogP contribution < -0.4 is 0 Å². The van der Waals surface area contributed by atoms with E-state index in [1.807, 2.05) is 0 Å². The van der Waals surface area contributed by atoms with Crippen LogP contribution in [-0.4, -0.2) is 42.5 Å². The van der Waals surface area contributed by atoms with Gasteiger partial charge in [-0.1, -0.05) is 28.1 Å². The van der Waals surface area contributed by atoms with Gasteiger partial charge in [0.2, 0.25) is 0 Å². The molecule has 1 aromatic carbocycles. The van der Waals surface area contributed by atoms with Gasteiger partial charge in [0.25, 0.3) is 0 Å². The summed E-state index contributed by atoms with van der Waals surface area (Å²) in [5.41, 5.74) is 1.42. The molecule has 0 spiro atoms. The van der Waals surface area contributed by atoms with Crippen molar-refractivity contribution in [1.29, 1.82) is 0 Å². The fourth-order valence-electron chi connectivity index (χ4n) is 2.64. The lowest BCUT2D eigenvalue weighted by atomic mass is 10.2. The first kappa shape index (κ1) is 12.6. The zero-order valence-electron chi connectivity index (χ0n) is 10.8. The second kappa shape index (κ2) is 5.72. The van der Waals surface area contributed by atoms with Gasteiger partial charge < -0.3 is 4.90 Å². The minimum atomic E-state index is 1.03. The maximum absolute atomic E-state index is 3.49. The van der Waals surface area contributed by atoms with Crippen LogP contribution in [0.5, 0.6) is 0 Å². The maximum atomic E-state index is 3.49. The van der Waals surface area contributed by atoms with Crippen molar-refractivity contribution in [2.75, 3.05) is 32.7 Å². The molecule has 2 fully saturated rings. The Morgan fingerprint density at radius 1 is 0.944 bits per heavy atom. The highest BCUT2D eigenvalue weighted by Gasteiger charge is 2.26. The lowest BCUT2D eigenvalue weighted by Crippen LogP contribution is -2.46. The van der Waals surface area contributed by atoms with Crippen molar-refractivity contribution in [3.63, 3.8) is 0 Å². The smallest absolute Gasteiger partial charge is 0.0234 e. The molecule has 2 nitrogen and oxygen atoms in total. The van der Waals surface area contributed by atoms with E-state index in [4.69, 9.17) is 0 Å². The zero-order chi connectivity index (χ0) is 12.4. The number of benzene rings is 1. The molecular formula is C15H21BrN2. The third-order valence-electron chi connectivity index (χ3n) is 4.00. The van der Waals surface area contributed by atoms with Crippen molar-refractivity contribution in [1.82, 2.24) is 9.80 Å². The molecule has 0 amide bonds. The fraction of sp³-hybridized carbons (Fsp3) is 0.600. The maximum Gasteiger partial charge on any atom is 0.0234 e. The average molecular weight is 309 g/mol. The monoisotopic (exact) mass is 308 g/mol. The van der Waals surface area contributed by atoms with E-state index in [1.54, 1.807) is 0 Å². The second-order valence-corrected chi connectivity index (χ2v) is 6.56. The van der Waals surface area contributed by atoms with Crippen LogP contribution >= 0.6 is 15.9 Å². The highest BCUT2D eigenvalue weighted by molar-refractivity contribution is 9.10. The molecular weight excluding hydrogens is 288 g/mol. The molecule has 0 atom stereocenters. The average Bonchev–Trinajstić information content (AvgIpc) is 3.19. The number of halogens is 1. The third-order valence-corrected chi connectivity index (χ3v) is 4.53. The molecule has 1 aliphatic carbocycles. The highest BCUT2D eigenvalue weighted by atomic mass is 79.9. The fourth-order valence-corrected chi connectivity index (χ4v) is 2.91. The summed E-state index contributed by atoms with van der Waals surface area (Å²) in [7, 11) is 0. The predicted molar refractivity (Wildman–Crippen MR) is 78.6 cm³/mol. The predicted octanol–water partition coefficient (Wildman–Crippen LogP) is 2.98. The summed E-state index contributed by atoms with van der Waals surface area (Å²) < 4.78 is 1.17. The molecule has 0 radical (unpaired) electrons. The van der Waals surface area contributed by atoms with Crippen molar-refractivity contribution >= 4 is 15.9 Å². The number of hydrogen-bond acceptors (Lipinski definition) is 2. The van der Waals surface area contributed by atoms with Crippen LogP contribution in [0, 0.1) is 5.92 Å². The van der Waals surface area contributed by atoms with Crippen LogP contribution in [0.3, 0.4) is 0 Å². The van der Waals surface area contributed by atoms with Gasteiger partial charge in [0.1, 0.15) is 0 Å². The molecule has 3 rings (SSSR count). The first-order valence-electron chi connectivity index (χ1n) is 6.99. The molecule has 3 heteroatoms. The summed E-state index contributed by atoms with van der Waals surface area (Å²) in [5.74, 6) is 1.03. The molecule has 1 aliphatic heterocycles. The van der Waals surface area contributed by atoms with E-state index in [0.717, 1.165) is 12.5 Å². The van der Waals surface area contributed by atoms with Crippen LogP contribution in [0.4, 0.5) is 0 Å². The van der Waals surface area contributed by atoms with Gasteiger partial charge in [-0.3, -0.25) is 4.90 Å². The summed E-state index contributed by atoms with van der Waals surface area (Å²) in [4.78, 5) is 5.22. The van der Waals surface area contributed by atoms with Gasteiger partial charge >= 0.3 is 0 Å². The van der Waals surface area contributed by atoms with Crippen molar-refractivity contribution in [2.45, 2.75) is 19.4 Å². The van der Waals surface area contributed by atoms with Gasteiger partial charge in [0.15, 0.2) is 0 Å². The molecule has 98 valence electrons. The zero-order valence-corrected chi connectivity index (χ0v) is 12.4. The van der Waals surface area contributed by atoms with Crippen molar-refractivity contribution in [3.05, 3.63) is 34.3 Å². The normalized spacial score (nSPS) is 22.3. The minimum Gasteiger partial charge on any atom is -0.301 e. The lowest BCUT2D eigenvalue weighted by molar-refractivity contribution is 0.123. The van der Waals surface area contributed by atoms with Gasteiger partial charge in [0, 0.05) is 43.7 Å². The van der Waals surface area contributed by atoms with Crippen molar-refractivity contribution in [3.8, 4) is 0 Å². The molecule has 18 heavy (non-hydrogen) atoms. The van der Waals surface area contributed by atoms with E-state index in [2.05, 4.69) is 50.0 Å². The lowest BCUT2D eigenvalue weighted by Gasteiger charge is -2.34. The Kier molecular flexibility index (Phi) is 4.02. The summed E-state index contributed by atoms with van der Waals surface area (Å²) in [6, 6.07) is 8.72. The first-order valence-corrected chi connectivity index (χ1v) is 7.78. The van der Waals surface area contributed by atoms with Gasteiger partial charge in [-0.05, 0) is 36.5 Å². The van der Waals surface area contributed by atoms with Gasteiger partial charge in [-0.2, -0.15) is 0 Å². The van der Waals surface area contributed by atoms with Gasteiger partial charge in [-0.25, -0.2) is 0 Å². The van der Waals surface area contributed by atoms with Crippen LogP contribution in [-0.2, 0) is 6.54 Å². The largest absolute Gasteiger partial charge is 0.301 e. The molecule has 0 N–H and O–H groups in total. The minimum absolute atomic E-state index is 1.03. The van der Waals surface area contributed by atoms with Crippen molar-refractivity contribution in [2.24, 2.45) is 5.92 Å². The summed E-state index contributed by atoms with van der Waals surface area (Å²) >= 11 is 3.49.